The maximum absolute atomic E-state index is 2.70. The van der Waals surface area contributed by atoms with Crippen molar-refractivity contribution in [3.63, 3.8) is 0 Å². The van der Waals surface area contributed by atoms with E-state index in [0.717, 1.165) is 12.5 Å². The molecule has 1 heteroatoms. The lowest BCUT2D eigenvalue weighted by atomic mass is 9.96. The van der Waals surface area contributed by atoms with E-state index < -0.39 is 0 Å². The average Bonchev–Trinajstić information content (AvgIpc) is 2.72. The lowest BCUT2D eigenvalue weighted by Gasteiger charge is -2.29. The molecule has 0 aromatic heterocycles. The summed E-state index contributed by atoms with van der Waals surface area (Å²) in [6.07, 6.45) is 4.02. The van der Waals surface area contributed by atoms with Crippen LogP contribution >= 0.6 is 0 Å². The highest BCUT2D eigenvalue weighted by atomic mass is 15.2. The Morgan fingerprint density at radius 3 is 2.50 bits per heavy atom. The third-order valence-corrected chi connectivity index (χ3v) is 4.97. The van der Waals surface area contributed by atoms with E-state index in [0.29, 0.717) is 6.04 Å². The Labute approximate surface area is 121 Å². The van der Waals surface area contributed by atoms with Gasteiger partial charge in [-0.25, -0.2) is 0 Å². The fourth-order valence-corrected chi connectivity index (χ4v) is 4.03. The van der Waals surface area contributed by atoms with E-state index in [9.17, 15) is 0 Å². The molecular weight excluding hydrogens is 242 g/mol. The van der Waals surface area contributed by atoms with Crippen LogP contribution < -0.4 is 0 Å². The fourth-order valence-electron chi connectivity index (χ4n) is 4.03. The predicted molar refractivity (Wildman–Crippen MR) is 82.6 cm³/mol. The van der Waals surface area contributed by atoms with Crippen molar-refractivity contribution < 1.29 is 0 Å². The molecule has 1 saturated heterocycles. The highest BCUT2D eigenvalue weighted by molar-refractivity contribution is 5.38. The van der Waals surface area contributed by atoms with Gasteiger partial charge in [0, 0.05) is 12.6 Å². The van der Waals surface area contributed by atoms with Gasteiger partial charge in [0.1, 0.15) is 0 Å². The summed E-state index contributed by atoms with van der Waals surface area (Å²) < 4.78 is 0. The Morgan fingerprint density at radius 2 is 1.65 bits per heavy atom. The first-order valence-corrected chi connectivity index (χ1v) is 7.78. The van der Waals surface area contributed by atoms with E-state index in [4.69, 9.17) is 0 Å². The molecule has 4 rings (SSSR count). The summed E-state index contributed by atoms with van der Waals surface area (Å²) in [4.78, 5) is 2.70. The van der Waals surface area contributed by atoms with Crippen LogP contribution in [0.25, 0.3) is 0 Å². The van der Waals surface area contributed by atoms with Gasteiger partial charge in [-0.2, -0.15) is 0 Å². The van der Waals surface area contributed by atoms with Crippen molar-refractivity contribution in [2.24, 2.45) is 0 Å². The van der Waals surface area contributed by atoms with Gasteiger partial charge in [-0.15, -0.1) is 0 Å². The van der Waals surface area contributed by atoms with E-state index in [1.165, 1.54) is 31.4 Å². The first-order valence-electron chi connectivity index (χ1n) is 7.78. The van der Waals surface area contributed by atoms with Crippen molar-refractivity contribution in [2.75, 3.05) is 6.54 Å². The fraction of sp³-hybridized carbons (Fsp3) is 0.368. The molecule has 0 saturated carbocycles. The lowest BCUT2D eigenvalue weighted by molar-refractivity contribution is 0.197. The third-order valence-electron chi connectivity index (χ3n) is 4.97. The van der Waals surface area contributed by atoms with Gasteiger partial charge in [-0.05, 0) is 48.4 Å². The summed E-state index contributed by atoms with van der Waals surface area (Å²) in [7, 11) is 0. The van der Waals surface area contributed by atoms with Crippen molar-refractivity contribution in [2.45, 2.75) is 37.8 Å². The Kier molecular flexibility index (Phi) is 3.08. The molecule has 0 amide bonds. The molecule has 0 N–H and O–H groups in total. The minimum absolute atomic E-state index is 0.638. The molecule has 2 aromatic carbocycles. The number of fused-ring (bicyclic) bond motifs is 5. The first kappa shape index (κ1) is 12.2. The summed E-state index contributed by atoms with van der Waals surface area (Å²) in [5.74, 6) is 0.803. The maximum atomic E-state index is 2.70. The minimum atomic E-state index is 0.638. The summed E-state index contributed by atoms with van der Waals surface area (Å²) >= 11 is 0. The van der Waals surface area contributed by atoms with Gasteiger partial charge in [0.05, 0.1) is 0 Å². The molecule has 1 unspecified atom stereocenters. The first-order chi connectivity index (χ1) is 9.92. The number of nitrogens with zero attached hydrogens (tertiary/aromatic N) is 1. The zero-order valence-electron chi connectivity index (χ0n) is 11.8. The van der Waals surface area contributed by atoms with Crippen molar-refractivity contribution in [1.82, 2.24) is 4.90 Å². The van der Waals surface area contributed by atoms with Crippen LogP contribution in [-0.2, 0) is 6.54 Å². The molecule has 1 nitrogen and oxygen atoms in total. The van der Waals surface area contributed by atoms with Crippen molar-refractivity contribution in [3.8, 4) is 0 Å². The van der Waals surface area contributed by atoms with E-state index >= 15 is 0 Å². The number of benzene rings is 2. The second kappa shape index (κ2) is 5.06. The zero-order valence-corrected chi connectivity index (χ0v) is 11.8. The van der Waals surface area contributed by atoms with Crippen LogP contribution in [0.1, 0.15) is 47.9 Å². The molecular formula is C19H21N. The Balaban J connectivity index is 1.65. The quantitative estimate of drug-likeness (QED) is 0.770. The van der Waals surface area contributed by atoms with Gasteiger partial charge in [-0.1, -0.05) is 54.6 Å². The molecule has 1 aliphatic heterocycles. The van der Waals surface area contributed by atoms with E-state index in [1.54, 1.807) is 11.1 Å². The summed E-state index contributed by atoms with van der Waals surface area (Å²) in [5.41, 5.74) is 4.65. The average molecular weight is 263 g/mol. The second-order valence-corrected chi connectivity index (χ2v) is 6.18. The third kappa shape index (κ3) is 2.06. The van der Waals surface area contributed by atoms with Gasteiger partial charge in [0.2, 0.25) is 0 Å². The van der Waals surface area contributed by atoms with Crippen molar-refractivity contribution in [1.29, 1.82) is 0 Å². The normalized spacial score (nSPS) is 25.2. The second-order valence-electron chi connectivity index (χ2n) is 6.18. The molecule has 0 radical (unpaired) electrons. The van der Waals surface area contributed by atoms with Crippen LogP contribution in [0.2, 0.25) is 0 Å². The molecule has 102 valence electrons. The van der Waals surface area contributed by atoms with Crippen molar-refractivity contribution in [3.05, 3.63) is 71.3 Å². The molecule has 2 aromatic rings. The molecule has 2 atom stereocenters. The number of hydrogen-bond donors (Lipinski definition) is 0. The molecule has 20 heavy (non-hydrogen) atoms. The van der Waals surface area contributed by atoms with Crippen LogP contribution in [0.3, 0.4) is 0 Å². The predicted octanol–water partition coefficient (Wildman–Crippen LogP) is 4.51. The smallest absolute Gasteiger partial charge is 0.0360 e. The van der Waals surface area contributed by atoms with Gasteiger partial charge >= 0.3 is 0 Å². The van der Waals surface area contributed by atoms with Crippen LogP contribution in [0.15, 0.2) is 54.6 Å². The SMILES string of the molecule is c1ccc(CN2CCCC3C[C@@H]2c2ccccc23)cc1. The summed E-state index contributed by atoms with van der Waals surface area (Å²) in [5, 5.41) is 0. The highest BCUT2D eigenvalue weighted by Crippen LogP contribution is 2.47. The molecule has 0 spiro atoms. The summed E-state index contributed by atoms with van der Waals surface area (Å²) in [6.45, 7) is 2.33. The van der Waals surface area contributed by atoms with Crippen LogP contribution in [-0.4, -0.2) is 11.4 Å². The Bertz CT molecular complexity index is 590. The zero-order chi connectivity index (χ0) is 13.4. The largest absolute Gasteiger partial charge is 0.292 e. The number of rotatable bonds is 2. The van der Waals surface area contributed by atoms with Gasteiger partial charge in [0.25, 0.3) is 0 Å². The number of likely N-dealkylation sites (tertiary alicyclic amines) is 1. The Morgan fingerprint density at radius 1 is 0.900 bits per heavy atom. The van der Waals surface area contributed by atoms with Crippen LogP contribution in [0.5, 0.6) is 0 Å². The van der Waals surface area contributed by atoms with Gasteiger partial charge in [-0.3, -0.25) is 4.90 Å². The van der Waals surface area contributed by atoms with E-state index in [2.05, 4.69) is 59.5 Å². The Hall–Kier alpha value is -1.60. The topological polar surface area (TPSA) is 3.24 Å². The van der Waals surface area contributed by atoms with Gasteiger partial charge < -0.3 is 0 Å². The van der Waals surface area contributed by atoms with Crippen molar-refractivity contribution >= 4 is 0 Å². The highest BCUT2D eigenvalue weighted by Gasteiger charge is 2.36. The summed E-state index contributed by atoms with van der Waals surface area (Å²) in [6, 6.07) is 20.7. The maximum Gasteiger partial charge on any atom is 0.0360 e. The standard InChI is InChI=1S/C19H21N/c1-2-7-15(8-3-1)14-20-12-6-9-16-13-19(20)18-11-5-4-10-17(16)18/h1-5,7-8,10-11,16,19H,6,9,12-14H2/t16?,19-/m1/s1. The molecule has 1 heterocycles. The molecule has 1 aliphatic carbocycles. The molecule has 1 fully saturated rings. The minimum Gasteiger partial charge on any atom is -0.292 e. The van der Waals surface area contributed by atoms with Gasteiger partial charge in [0.15, 0.2) is 0 Å². The lowest BCUT2D eigenvalue weighted by Crippen LogP contribution is -2.27. The van der Waals surface area contributed by atoms with E-state index in [1.807, 2.05) is 0 Å². The molecule has 2 aliphatic rings. The molecule has 2 bridgehead atoms. The number of hydrogen-bond acceptors (Lipinski definition) is 1. The van der Waals surface area contributed by atoms with Crippen LogP contribution in [0.4, 0.5) is 0 Å². The van der Waals surface area contributed by atoms with E-state index in [-0.39, 0.29) is 0 Å². The monoisotopic (exact) mass is 263 g/mol. The van der Waals surface area contributed by atoms with Crippen LogP contribution in [0, 0.1) is 0 Å².